The molecule has 9 heteroatoms. The second kappa shape index (κ2) is 12.1. The Balaban J connectivity index is 1.53. The molecule has 2 heterocycles. The molecule has 4 aromatic rings. The Kier molecular flexibility index (Phi) is 8.26. The highest BCUT2D eigenvalue weighted by molar-refractivity contribution is 5.78. The van der Waals surface area contributed by atoms with E-state index in [1.165, 1.54) is 14.2 Å². The van der Waals surface area contributed by atoms with Crippen LogP contribution in [0.15, 0.2) is 66.7 Å². The number of hydrogen-bond donors (Lipinski definition) is 0. The van der Waals surface area contributed by atoms with Crippen LogP contribution in [-0.2, 0) is 13.2 Å². The van der Waals surface area contributed by atoms with Crippen LogP contribution < -0.4 is 18.9 Å². The molecule has 0 atom stereocenters. The van der Waals surface area contributed by atoms with Crippen LogP contribution in [0.5, 0.6) is 23.5 Å². The van der Waals surface area contributed by atoms with Crippen LogP contribution in [0.3, 0.4) is 0 Å². The van der Waals surface area contributed by atoms with Gasteiger partial charge in [0.05, 0.1) is 30.9 Å². The Hall–Kier alpha value is -5.23. The summed E-state index contributed by atoms with van der Waals surface area (Å²) in [6.07, 6.45) is 1.32. The number of methoxy groups -OCH3 is 2. The third-order valence-corrected chi connectivity index (χ3v) is 5.63. The number of hydrogen-bond acceptors (Lipinski definition) is 9. The number of carbonyl (C=O) groups is 2. The van der Waals surface area contributed by atoms with Gasteiger partial charge >= 0.3 is 0 Å². The van der Waals surface area contributed by atoms with Crippen LogP contribution in [0.2, 0.25) is 0 Å². The first-order chi connectivity index (χ1) is 18.6. The molecule has 0 fully saturated rings. The van der Waals surface area contributed by atoms with Gasteiger partial charge in [-0.3, -0.25) is 9.59 Å². The average Bonchev–Trinajstić information content (AvgIpc) is 2.98. The van der Waals surface area contributed by atoms with E-state index in [-0.39, 0.29) is 30.9 Å². The minimum Gasteiger partial charge on any atom is -0.480 e. The molecule has 2 aromatic carbocycles. The summed E-state index contributed by atoms with van der Waals surface area (Å²) in [5, 5.41) is 9.97. The van der Waals surface area contributed by atoms with Crippen molar-refractivity contribution in [3.63, 3.8) is 0 Å². The van der Waals surface area contributed by atoms with Crippen molar-refractivity contribution in [2.45, 2.75) is 13.2 Å². The van der Waals surface area contributed by atoms with Crippen molar-refractivity contribution in [2.75, 3.05) is 14.2 Å². The smallest absolute Gasteiger partial charge is 0.227 e. The Morgan fingerprint density at radius 3 is 1.97 bits per heavy atom. The number of aldehydes is 2. The van der Waals surface area contributed by atoms with Gasteiger partial charge in [0.25, 0.3) is 0 Å². The largest absolute Gasteiger partial charge is 0.480 e. The third-order valence-electron chi connectivity index (χ3n) is 5.63. The summed E-state index contributed by atoms with van der Waals surface area (Å²) in [6, 6.07) is 21.8. The van der Waals surface area contributed by atoms with Crippen LogP contribution >= 0.6 is 0 Å². The van der Waals surface area contributed by atoms with E-state index in [2.05, 4.69) is 16.0 Å². The number of aromatic nitrogens is 2. The molecule has 0 spiro atoms. The first-order valence-electron chi connectivity index (χ1n) is 11.5. The molecule has 0 aliphatic heterocycles. The monoisotopic (exact) mass is 509 g/mol. The van der Waals surface area contributed by atoms with Gasteiger partial charge in [-0.15, -0.1) is 0 Å². The van der Waals surface area contributed by atoms with E-state index in [0.717, 1.165) is 16.7 Å². The molecule has 2 aromatic heterocycles. The number of nitriles is 1. The van der Waals surface area contributed by atoms with Gasteiger partial charge in [-0.25, -0.2) is 0 Å². The first-order valence-corrected chi connectivity index (χ1v) is 11.5. The zero-order valence-corrected chi connectivity index (χ0v) is 20.7. The standard InChI is InChI=1S/C29H23N3O6/c1-35-28-21(15-33)9-11-26(31-28)37-17-19-5-3-6-20(13-19)24-8-4-7-23(25(24)14-30)18-38-27-12-10-22(16-34)29(32-27)36-2/h3-13,15-16H,17-18H2,1-2H3. The van der Waals surface area contributed by atoms with Gasteiger partial charge in [-0.05, 0) is 34.9 Å². The van der Waals surface area contributed by atoms with Crippen LogP contribution in [0, 0.1) is 11.3 Å². The van der Waals surface area contributed by atoms with Crippen molar-refractivity contribution in [1.29, 1.82) is 5.26 Å². The molecule has 0 unspecified atom stereocenters. The molecule has 0 amide bonds. The SMILES string of the molecule is COc1nc(OCc2cccc(-c3cccc(COc4ccc(C=O)c(OC)n4)c3C#N)c2)ccc1C=O. The number of benzene rings is 2. The molecule has 190 valence electrons. The number of ether oxygens (including phenoxy) is 4. The molecule has 0 radical (unpaired) electrons. The molecule has 0 saturated heterocycles. The maximum Gasteiger partial charge on any atom is 0.227 e. The lowest BCUT2D eigenvalue weighted by atomic mass is 9.95. The molecule has 9 nitrogen and oxygen atoms in total. The minimum atomic E-state index is 0.0976. The van der Waals surface area contributed by atoms with Gasteiger partial charge in [0.2, 0.25) is 23.5 Å². The van der Waals surface area contributed by atoms with Crippen molar-refractivity contribution in [1.82, 2.24) is 9.97 Å². The molecular formula is C29H23N3O6. The zero-order valence-electron chi connectivity index (χ0n) is 20.7. The average molecular weight is 510 g/mol. The van der Waals surface area contributed by atoms with Crippen molar-refractivity contribution >= 4 is 12.6 Å². The molecular weight excluding hydrogens is 486 g/mol. The summed E-state index contributed by atoms with van der Waals surface area (Å²) >= 11 is 0. The van der Waals surface area contributed by atoms with Gasteiger partial charge in [0, 0.05) is 17.7 Å². The highest BCUT2D eigenvalue weighted by atomic mass is 16.5. The molecule has 38 heavy (non-hydrogen) atoms. The van der Waals surface area contributed by atoms with Crippen LogP contribution in [-0.4, -0.2) is 36.8 Å². The van der Waals surface area contributed by atoms with Crippen molar-refractivity contribution in [3.05, 3.63) is 94.5 Å². The summed E-state index contributed by atoms with van der Waals surface area (Å²) < 4.78 is 21.8. The van der Waals surface area contributed by atoms with Crippen molar-refractivity contribution in [3.8, 4) is 40.7 Å². The van der Waals surface area contributed by atoms with Gasteiger partial charge in [0.15, 0.2) is 12.6 Å². The van der Waals surface area contributed by atoms with Gasteiger partial charge in [0.1, 0.15) is 19.3 Å². The lowest BCUT2D eigenvalue weighted by molar-refractivity contribution is 0.111. The van der Waals surface area contributed by atoms with Gasteiger partial charge in [-0.2, -0.15) is 15.2 Å². The number of pyridine rings is 2. The van der Waals surface area contributed by atoms with E-state index in [1.807, 2.05) is 42.5 Å². The Bertz CT molecular complexity index is 1510. The maximum absolute atomic E-state index is 11.1. The summed E-state index contributed by atoms with van der Waals surface area (Å²) in [6.45, 7) is 0.319. The van der Waals surface area contributed by atoms with Gasteiger partial charge in [-0.1, -0.05) is 36.4 Å². The first kappa shape index (κ1) is 25.9. The van der Waals surface area contributed by atoms with Gasteiger partial charge < -0.3 is 18.9 Å². The summed E-state index contributed by atoms with van der Waals surface area (Å²) in [5.74, 6) is 0.949. The van der Waals surface area contributed by atoms with Crippen LogP contribution in [0.25, 0.3) is 11.1 Å². The van der Waals surface area contributed by atoms with E-state index in [4.69, 9.17) is 18.9 Å². The summed E-state index contributed by atoms with van der Waals surface area (Å²) in [7, 11) is 2.86. The fraction of sp³-hybridized carbons (Fsp3) is 0.138. The minimum absolute atomic E-state index is 0.0976. The Morgan fingerprint density at radius 2 is 1.39 bits per heavy atom. The molecule has 0 bridgehead atoms. The van der Waals surface area contributed by atoms with E-state index in [9.17, 15) is 14.9 Å². The fourth-order valence-corrected chi connectivity index (χ4v) is 3.77. The molecule has 0 saturated carbocycles. The maximum atomic E-state index is 11.1. The van der Waals surface area contributed by atoms with Crippen LogP contribution in [0.1, 0.15) is 37.4 Å². The molecule has 4 rings (SSSR count). The highest BCUT2D eigenvalue weighted by Gasteiger charge is 2.13. The quantitative estimate of drug-likeness (QED) is 0.262. The molecule has 0 aliphatic rings. The summed E-state index contributed by atoms with van der Waals surface area (Å²) in [4.78, 5) is 30.6. The second-order valence-corrected chi connectivity index (χ2v) is 7.96. The topological polar surface area (TPSA) is 121 Å². The van der Waals surface area contributed by atoms with Crippen molar-refractivity contribution < 1.29 is 28.5 Å². The fourth-order valence-electron chi connectivity index (χ4n) is 3.77. The number of carbonyl (C=O) groups excluding carboxylic acids is 2. The predicted molar refractivity (Wildman–Crippen MR) is 138 cm³/mol. The molecule has 0 aliphatic carbocycles. The summed E-state index contributed by atoms with van der Waals surface area (Å²) in [5.41, 5.74) is 4.24. The van der Waals surface area contributed by atoms with E-state index < -0.39 is 0 Å². The lowest BCUT2D eigenvalue weighted by Gasteiger charge is -2.13. The van der Waals surface area contributed by atoms with E-state index in [0.29, 0.717) is 40.7 Å². The third kappa shape index (κ3) is 5.77. The zero-order chi connectivity index (χ0) is 26.9. The van der Waals surface area contributed by atoms with Crippen molar-refractivity contribution in [2.24, 2.45) is 0 Å². The van der Waals surface area contributed by atoms with Crippen LogP contribution in [0.4, 0.5) is 0 Å². The normalized spacial score (nSPS) is 10.2. The lowest BCUT2D eigenvalue weighted by Crippen LogP contribution is -2.03. The second-order valence-electron chi connectivity index (χ2n) is 7.96. The number of nitrogens with zero attached hydrogens (tertiary/aromatic N) is 3. The molecule has 0 N–H and O–H groups in total. The Morgan fingerprint density at radius 1 is 0.789 bits per heavy atom. The van der Waals surface area contributed by atoms with E-state index >= 15 is 0 Å². The Labute approximate surface area is 219 Å². The van der Waals surface area contributed by atoms with E-state index in [1.54, 1.807) is 24.3 Å². The highest BCUT2D eigenvalue weighted by Crippen LogP contribution is 2.28. The number of rotatable bonds is 11. The predicted octanol–water partition coefficient (Wildman–Crippen LogP) is 4.82.